The molecule has 0 saturated heterocycles. The molecule has 0 bridgehead atoms. The van der Waals surface area contributed by atoms with Gasteiger partial charge in [0.15, 0.2) is 0 Å². The molecule has 0 aromatic heterocycles. The fraction of sp³-hybridized carbons (Fsp3) is 0.714. The van der Waals surface area contributed by atoms with Crippen molar-refractivity contribution < 1.29 is 19.1 Å². The van der Waals surface area contributed by atoms with Crippen LogP contribution in [0.4, 0.5) is 0 Å². The van der Waals surface area contributed by atoms with Gasteiger partial charge >= 0.3 is 0 Å². The zero-order valence-electron chi connectivity index (χ0n) is 20.8. The Morgan fingerprint density at radius 1 is 0.606 bits per heavy atom. The third-order valence-electron chi connectivity index (χ3n) is 6.41. The number of ether oxygens (including phenoxy) is 2. The van der Waals surface area contributed by atoms with E-state index in [1.165, 1.54) is 96.3 Å². The lowest BCUT2D eigenvalue weighted by Gasteiger charge is -2.14. The number of hydrogen-bond donors (Lipinski definition) is 0. The van der Waals surface area contributed by atoms with Crippen LogP contribution in [-0.2, 0) is 9.47 Å². The van der Waals surface area contributed by atoms with Crippen molar-refractivity contribution in [3.63, 3.8) is 0 Å². The van der Waals surface area contributed by atoms with Crippen LogP contribution in [0, 0.1) is 0 Å². The van der Waals surface area contributed by atoms with Gasteiger partial charge in [-0.25, -0.2) is 4.90 Å². The second-order valence-corrected chi connectivity index (χ2v) is 9.25. The van der Waals surface area contributed by atoms with Gasteiger partial charge in [0.25, 0.3) is 11.8 Å². The standard InChI is InChI=1S/C28H45NO4/c1-2-3-4-5-6-7-8-9-10-11-12-13-14-15-16-19-22-32-24-33-23-29-27(30)25-20-17-18-21-26(25)28(29)31/h17-18,20-21H,2-16,19,22-24H2,1H3. The summed E-state index contributed by atoms with van der Waals surface area (Å²) in [7, 11) is 0. The van der Waals surface area contributed by atoms with E-state index in [2.05, 4.69) is 6.92 Å². The van der Waals surface area contributed by atoms with E-state index in [0.29, 0.717) is 17.7 Å². The zero-order valence-corrected chi connectivity index (χ0v) is 20.8. The monoisotopic (exact) mass is 459 g/mol. The third kappa shape index (κ3) is 10.8. The van der Waals surface area contributed by atoms with E-state index in [9.17, 15) is 9.59 Å². The fourth-order valence-corrected chi connectivity index (χ4v) is 4.36. The Hall–Kier alpha value is -1.72. The molecule has 0 aliphatic carbocycles. The minimum atomic E-state index is -0.298. The summed E-state index contributed by atoms with van der Waals surface area (Å²) in [5, 5.41) is 0. The van der Waals surface area contributed by atoms with Crippen molar-refractivity contribution in [2.45, 2.75) is 110 Å². The predicted molar refractivity (Wildman–Crippen MR) is 133 cm³/mol. The number of rotatable bonds is 21. The minimum Gasteiger partial charge on any atom is -0.355 e. The summed E-state index contributed by atoms with van der Waals surface area (Å²) in [6.45, 7) is 2.97. The highest BCUT2D eigenvalue weighted by molar-refractivity contribution is 6.21. The lowest BCUT2D eigenvalue weighted by Crippen LogP contribution is -2.32. The average molecular weight is 460 g/mol. The van der Waals surface area contributed by atoms with Crippen LogP contribution in [-0.4, -0.2) is 36.8 Å². The van der Waals surface area contributed by atoms with Gasteiger partial charge < -0.3 is 9.47 Å². The molecular formula is C28H45NO4. The number of hydrogen-bond acceptors (Lipinski definition) is 4. The van der Waals surface area contributed by atoms with Crippen molar-refractivity contribution in [1.82, 2.24) is 4.90 Å². The molecule has 1 aliphatic heterocycles. The van der Waals surface area contributed by atoms with Crippen molar-refractivity contribution in [2.24, 2.45) is 0 Å². The first kappa shape index (κ1) is 27.5. The SMILES string of the molecule is CCCCCCCCCCCCCCCCCCOCOCN1C(=O)c2ccccc2C1=O. The van der Waals surface area contributed by atoms with Gasteiger partial charge in [-0.05, 0) is 18.6 Å². The predicted octanol–water partition coefficient (Wildman–Crippen LogP) is 7.49. The van der Waals surface area contributed by atoms with Crippen molar-refractivity contribution in [3.8, 4) is 0 Å². The minimum absolute atomic E-state index is 0.0642. The van der Waals surface area contributed by atoms with Gasteiger partial charge in [0.1, 0.15) is 13.5 Å². The Morgan fingerprint density at radius 2 is 1.03 bits per heavy atom. The summed E-state index contributed by atoms with van der Waals surface area (Å²) >= 11 is 0. The summed E-state index contributed by atoms with van der Waals surface area (Å²) < 4.78 is 10.9. The summed E-state index contributed by atoms with van der Waals surface area (Å²) in [5.41, 5.74) is 0.889. The quantitative estimate of drug-likeness (QED) is 0.109. The number of carbonyl (C=O) groups excluding carboxylic acids is 2. The maximum Gasteiger partial charge on any atom is 0.263 e. The molecule has 0 N–H and O–H groups in total. The molecule has 1 aromatic rings. The Morgan fingerprint density at radius 3 is 1.48 bits per heavy atom. The number of unbranched alkanes of at least 4 members (excludes halogenated alkanes) is 15. The van der Waals surface area contributed by atoms with Crippen LogP contribution in [0.3, 0.4) is 0 Å². The van der Waals surface area contributed by atoms with E-state index in [1.807, 2.05) is 0 Å². The summed E-state index contributed by atoms with van der Waals surface area (Å²) in [5.74, 6) is -0.596. The zero-order chi connectivity index (χ0) is 23.6. The summed E-state index contributed by atoms with van der Waals surface area (Å²) in [6.07, 6.45) is 21.6. The molecule has 0 fully saturated rings. The highest BCUT2D eigenvalue weighted by Crippen LogP contribution is 2.22. The van der Waals surface area contributed by atoms with Gasteiger partial charge in [0, 0.05) is 6.61 Å². The van der Waals surface area contributed by atoms with Crippen LogP contribution in [0.15, 0.2) is 24.3 Å². The van der Waals surface area contributed by atoms with E-state index < -0.39 is 0 Å². The second-order valence-electron chi connectivity index (χ2n) is 9.25. The van der Waals surface area contributed by atoms with Crippen LogP contribution in [0.5, 0.6) is 0 Å². The van der Waals surface area contributed by atoms with Gasteiger partial charge in [-0.3, -0.25) is 9.59 Å². The molecule has 0 radical (unpaired) electrons. The first-order chi connectivity index (χ1) is 16.3. The van der Waals surface area contributed by atoms with Gasteiger partial charge in [-0.1, -0.05) is 115 Å². The van der Waals surface area contributed by atoms with E-state index >= 15 is 0 Å². The molecule has 1 aromatic carbocycles. The van der Waals surface area contributed by atoms with E-state index in [0.717, 1.165) is 11.3 Å². The third-order valence-corrected chi connectivity index (χ3v) is 6.41. The van der Waals surface area contributed by atoms with Crippen molar-refractivity contribution >= 4 is 11.8 Å². The van der Waals surface area contributed by atoms with Gasteiger partial charge in [0.2, 0.25) is 0 Å². The molecule has 0 atom stereocenters. The fourth-order valence-electron chi connectivity index (χ4n) is 4.36. The van der Waals surface area contributed by atoms with Crippen LogP contribution < -0.4 is 0 Å². The van der Waals surface area contributed by atoms with Crippen LogP contribution in [0.25, 0.3) is 0 Å². The largest absolute Gasteiger partial charge is 0.355 e. The van der Waals surface area contributed by atoms with Gasteiger partial charge in [0.05, 0.1) is 11.1 Å². The first-order valence-corrected chi connectivity index (χ1v) is 13.4. The van der Waals surface area contributed by atoms with Crippen LogP contribution in [0.2, 0.25) is 0 Å². The molecule has 2 amide bonds. The lowest BCUT2D eigenvalue weighted by molar-refractivity contribution is -0.0771. The average Bonchev–Trinajstić information content (AvgIpc) is 3.07. The second kappa shape index (κ2) is 17.7. The molecule has 33 heavy (non-hydrogen) atoms. The molecular weight excluding hydrogens is 414 g/mol. The Balaban J connectivity index is 1.30. The molecule has 2 rings (SSSR count). The number of carbonyl (C=O) groups is 2. The summed E-state index contributed by atoms with van der Waals surface area (Å²) in [4.78, 5) is 25.6. The molecule has 1 aliphatic rings. The smallest absolute Gasteiger partial charge is 0.263 e. The molecule has 5 nitrogen and oxygen atoms in total. The normalized spacial score (nSPS) is 13.2. The number of nitrogens with zero attached hydrogens (tertiary/aromatic N) is 1. The lowest BCUT2D eigenvalue weighted by atomic mass is 10.0. The Labute approximate surface area is 201 Å². The van der Waals surface area contributed by atoms with Crippen molar-refractivity contribution in [2.75, 3.05) is 20.1 Å². The highest BCUT2D eigenvalue weighted by atomic mass is 16.7. The Bertz CT molecular complexity index is 641. The molecule has 186 valence electrons. The van der Waals surface area contributed by atoms with E-state index in [4.69, 9.17) is 9.47 Å². The van der Waals surface area contributed by atoms with Crippen molar-refractivity contribution in [3.05, 3.63) is 35.4 Å². The molecule has 0 spiro atoms. The number of benzene rings is 1. The van der Waals surface area contributed by atoms with E-state index in [-0.39, 0.29) is 25.3 Å². The van der Waals surface area contributed by atoms with Crippen LogP contribution >= 0.6 is 0 Å². The summed E-state index contributed by atoms with van der Waals surface area (Å²) in [6, 6.07) is 6.86. The maximum atomic E-state index is 12.2. The van der Waals surface area contributed by atoms with Gasteiger partial charge in [-0.15, -0.1) is 0 Å². The topological polar surface area (TPSA) is 55.8 Å². The molecule has 0 unspecified atom stereocenters. The van der Waals surface area contributed by atoms with E-state index in [1.54, 1.807) is 24.3 Å². The maximum absolute atomic E-state index is 12.2. The molecule has 0 saturated carbocycles. The highest BCUT2D eigenvalue weighted by Gasteiger charge is 2.34. The molecule has 5 heteroatoms. The number of fused-ring (bicyclic) bond motifs is 1. The van der Waals surface area contributed by atoms with Crippen molar-refractivity contribution in [1.29, 1.82) is 0 Å². The number of imide groups is 1. The van der Waals surface area contributed by atoms with Crippen LogP contribution in [0.1, 0.15) is 130 Å². The first-order valence-electron chi connectivity index (χ1n) is 13.4. The Kier molecular flexibility index (Phi) is 14.8. The molecule has 1 heterocycles. The number of amides is 2. The van der Waals surface area contributed by atoms with Gasteiger partial charge in [-0.2, -0.15) is 0 Å².